The highest BCUT2D eigenvalue weighted by Gasteiger charge is 2.40. The van der Waals surface area contributed by atoms with E-state index in [1.807, 2.05) is 12.1 Å². The second-order valence-corrected chi connectivity index (χ2v) is 12.6. The molecule has 1 aromatic heterocycles. The van der Waals surface area contributed by atoms with Gasteiger partial charge in [-0.15, -0.1) is 0 Å². The summed E-state index contributed by atoms with van der Waals surface area (Å²) < 4.78 is 5.64. The van der Waals surface area contributed by atoms with E-state index in [1.165, 1.54) is 36.4 Å². The number of aromatic hydroxyl groups is 1. The summed E-state index contributed by atoms with van der Waals surface area (Å²) in [6.07, 6.45) is -0.339. The molecule has 0 bridgehead atoms. The molecule has 4 aromatic carbocycles. The highest BCUT2D eigenvalue weighted by Crippen LogP contribution is 2.32. The van der Waals surface area contributed by atoms with Crippen molar-refractivity contribution < 1.29 is 39.5 Å². The first-order chi connectivity index (χ1) is 25.0. The summed E-state index contributed by atoms with van der Waals surface area (Å²) in [6, 6.07) is 26.8. The van der Waals surface area contributed by atoms with E-state index < -0.39 is 23.6 Å². The van der Waals surface area contributed by atoms with Gasteiger partial charge >= 0.3 is 5.97 Å². The molecule has 0 radical (unpaired) electrons. The predicted octanol–water partition coefficient (Wildman–Crippen LogP) is 2.79. The van der Waals surface area contributed by atoms with E-state index in [0.29, 0.717) is 42.6 Å². The summed E-state index contributed by atoms with van der Waals surface area (Å²) in [5.41, 5.74) is -0.174. The standard InChI is InChI=1S/C39H38N4O9/c44-32-15-13-30(31-14-16-34(46)42-36(31)32)33(45)21-40-20-24-9-11-25(12-10-24)37(48)43-18-17-28(22-43)41-35(47)23-52-29-8-4-7-27(19-29)39(51,38(49)50)26-5-2-1-3-6-26/h1-16,19,28,33,40,44-45,51H,17-18,20-23H2,(H,41,47)(H,42,46)(H,49,50)/t28-,33?,39?/m0/s1. The monoisotopic (exact) mass is 706 g/mol. The molecule has 1 saturated heterocycles. The number of nitrogens with one attached hydrogen (secondary N) is 3. The van der Waals surface area contributed by atoms with Gasteiger partial charge in [0.2, 0.25) is 11.2 Å². The zero-order valence-electron chi connectivity index (χ0n) is 28.0. The summed E-state index contributed by atoms with van der Waals surface area (Å²) in [7, 11) is 0. The lowest BCUT2D eigenvalue weighted by atomic mass is 9.86. The Morgan fingerprint density at radius 2 is 1.69 bits per heavy atom. The molecule has 2 amide bonds. The first kappa shape index (κ1) is 35.8. The van der Waals surface area contributed by atoms with Gasteiger partial charge in [-0.3, -0.25) is 14.4 Å². The summed E-state index contributed by atoms with van der Waals surface area (Å²) in [6.45, 7) is 1.07. The van der Waals surface area contributed by atoms with Crippen molar-refractivity contribution in [1.82, 2.24) is 20.5 Å². The molecule has 2 unspecified atom stereocenters. The number of rotatable bonds is 13. The van der Waals surface area contributed by atoms with Crippen molar-refractivity contribution in [3.63, 3.8) is 0 Å². The van der Waals surface area contributed by atoms with Crippen molar-refractivity contribution in [3.05, 3.63) is 141 Å². The molecule has 0 saturated carbocycles. The molecule has 1 fully saturated rings. The smallest absolute Gasteiger partial charge is 0.345 e. The Kier molecular flexibility index (Phi) is 10.7. The van der Waals surface area contributed by atoms with Gasteiger partial charge in [-0.05, 0) is 59.5 Å². The number of carbonyl (C=O) groups is 3. The van der Waals surface area contributed by atoms with Crippen LogP contribution in [0.2, 0.25) is 0 Å². The fourth-order valence-corrected chi connectivity index (χ4v) is 6.35. The molecule has 13 heteroatoms. The van der Waals surface area contributed by atoms with Gasteiger partial charge in [0.25, 0.3) is 11.8 Å². The van der Waals surface area contributed by atoms with Crippen LogP contribution in [-0.4, -0.2) is 80.4 Å². The number of benzene rings is 4. The number of pyridine rings is 1. The predicted molar refractivity (Wildman–Crippen MR) is 191 cm³/mol. The summed E-state index contributed by atoms with van der Waals surface area (Å²) in [5.74, 6) is -1.88. The van der Waals surface area contributed by atoms with Crippen molar-refractivity contribution in [2.45, 2.75) is 30.7 Å². The van der Waals surface area contributed by atoms with E-state index >= 15 is 0 Å². The van der Waals surface area contributed by atoms with Crippen molar-refractivity contribution in [1.29, 1.82) is 0 Å². The van der Waals surface area contributed by atoms with Gasteiger partial charge in [0.15, 0.2) is 6.61 Å². The van der Waals surface area contributed by atoms with Gasteiger partial charge in [-0.25, -0.2) is 4.79 Å². The fraction of sp³-hybridized carbons (Fsp3) is 0.231. The molecule has 52 heavy (non-hydrogen) atoms. The number of phenolic OH excluding ortho intramolecular Hbond substituents is 1. The van der Waals surface area contributed by atoms with Crippen molar-refractivity contribution in [3.8, 4) is 11.5 Å². The lowest BCUT2D eigenvalue weighted by Crippen LogP contribution is -2.40. The maximum atomic E-state index is 13.2. The van der Waals surface area contributed by atoms with Crippen LogP contribution in [-0.2, 0) is 21.7 Å². The van der Waals surface area contributed by atoms with Crippen molar-refractivity contribution >= 4 is 28.7 Å². The zero-order chi connectivity index (χ0) is 36.8. The van der Waals surface area contributed by atoms with E-state index in [4.69, 9.17) is 4.74 Å². The molecule has 7 N–H and O–H groups in total. The molecule has 5 aromatic rings. The number of amides is 2. The number of phenols is 1. The number of ether oxygens (including phenoxy) is 1. The zero-order valence-corrected chi connectivity index (χ0v) is 28.0. The van der Waals surface area contributed by atoms with Gasteiger partial charge in [0.1, 0.15) is 11.5 Å². The minimum Gasteiger partial charge on any atom is -0.506 e. The topological polar surface area (TPSA) is 202 Å². The number of aliphatic hydroxyl groups excluding tert-OH is 1. The number of aliphatic hydroxyl groups is 2. The van der Waals surface area contributed by atoms with E-state index in [0.717, 1.165) is 5.56 Å². The van der Waals surface area contributed by atoms with Gasteiger partial charge in [0.05, 0.1) is 11.6 Å². The van der Waals surface area contributed by atoms with Gasteiger partial charge < -0.3 is 45.7 Å². The Morgan fingerprint density at radius 3 is 2.44 bits per heavy atom. The first-order valence-electron chi connectivity index (χ1n) is 16.7. The number of H-pyrrole nitrogens is 1. The van der Waals surface area contributed by atoms with Crippen LogP contribution in [0.3, 0.4) is 0 Å². The lowest BCUT2D eigenvalue weighted by molar-refractivity contribution is -0.155. The van der Waals surface area contributed by atoms with Gasteiger partial charge in [-0.2, -0.15) is 0 Å². The molecule has 0 aliphatic carbocycles. The second-order valence-electron chi connectivity index (χ2n) is 12.6. The number of hydrogen-bond acceptors (Lipinski definition) is 9. The number of nitrogens with zero attached hydrogens (tertiary/aromatic N) is 1. The van der Waals surface area contributed by atoms with E-state index in [-0.39, 0.29) is 58.8 Å². The summed E-state index contributed by atoms with van der Waals surface area (Å²) in [5, 5.41) is 48.5. The van der Waals surface area contributed by atoms with Crippen LogP contribution in [0.25, 0.3) is 10.9 Å². The molecule has 268 valence electrons. The maximum absolute atomic E-state index is 13.2. The second kappa shape index (κ2) is 15.5. The number of hydrogen-bond donors (Lipinski definition) is 7. The number of fused-ring (bicyclic) bond motifs is 1. The van der Waals surface area contributed by atoms with E-state index in [1.54, 1.807) is 59.5 Å². The van der Waals surface area contributed by atoms with Crippen LogP contribution in [0.15, 0.2) is 108 Å². The number of carboxylic acid groups (broad SMARTS) is 1. The normalized spacial score (nSPS) is 15.9. The Bertz CT molecular complexity index is 2140. The number of likely N-dealkylation sites (tertiary alicyclic amines) is 1. The number of aliphatic carboxylic acids is 1. The van der Waals surface area contributed by atoms with Crippen LogP contribution >= 0.6 is 0 Å². The molecular weight excluding hydrogens is 668 g/mol. The Hall–Kier alpha value is -6.02. The number of carboxylic acids is 1. The number of carbonyl (C=O) groups excluding carboxylic acids is 2. The summed E-state index contributed by atoms with van der Waals surface area (Å²) in [4.78, 5) is 54.0. The molecule has 3 atom stereocenters. The SMILES string of the molecule is O=C(COc1cccc(C(O)(C(=O)O)c2ccccc2)c1)N[C@H]1CCN(C(=O)c2ccc(CNCC(O)c3ccc(O)c4[nH]c(=O)ccc34)cc2)C1. The molecule has 13 nitrogen and oxygen atoms in total. The quantitative estimate of drug-likeness (QED) is 0.0955. The molecule has 1 aliphatic rings. The van der Waals surface area contributed by atoms with Crippen molar-refractivity contribution in [2.75, 3.05) is 26.2 Å². The highest BCUT2D eigenvalue weighted by molar-refractivity contribution is 5.94. The summed E-state index contributed by atoms with van der Waals surface area (Å²) >= 11 is 0. The molecule has 0 spiro atoms. The van der Waals surface area contributed by atoms with Crippen LogP contribution in [0.1, 0.15) is 45.1 Å². The number of aromatic nitrogens is 1. The maximum Gasteiger partial charge on any atom is 0.345 e. The van der Waals surface area contributed by atoms with Crippen LogP contribution in [0.5, 0.6) is 11.5 Å². The van der Waals surface area contributed by atoms with Crippen LogP contribution in [0.4, 0.5) is 0 Å². The minimum atomic E-state index is -2.31. The van der Waals surface area contributed by atoms with Crippen LogP contribution in [0, 0.1) is 0 Å². The highest BCUT2D eigenvalue weighted by atomic mass is 16.5. The average molecular weight is 707 g/mol. The van der Waals surface area contributed by atoms with Crippen molar-refractivity contribution in [2.24, 2.45) is 0 Å². The van der Waals surface area contributed by atoms with Crippen LogP contribution < -0.4 is 20.9 Å². The Morgan fingerprint density at radius 1 is 0.942 bits per heavy atom. The molecule has 6 rings (SSSR count). The molecule has 2 heterocycles. The Balaban J connectivity index is 0.965. The van der Waals surface area contributed by atoms with Gasteiger partial charge in [0, 0.05) is 54.8 Å². The largest absolute Gasteiger partial charge is 0.506 e. The average Bonchev–Trinajstić information content (AvgIpc) is 3.62. The molecular formula is C39H38N4O9. The number of aromatic amines is 1. The van der Waals surface area contributed by atoms with E-state index in [2.05, 4.69) is 15.6 Å². The Labute approximate surface area is 298 Å². The lowest BCUT2D eigenvalue weighted by Gasteiger charge is -2.25. The third-order valence-electron chi connectivity index (χ3n) is 9.10. The molecule has 1 aliphatic heterocycles. The third-order valence-corrected chi connectivity index (χ3v) is 9.10. The third kappa shape index (κ3) is 7.81. The first-order valence-corrected chi connectivity index (χ1v) is 16.7. The van der Waals surface area contributed by atoms with E-state index in [9.17, 15) is 39.6 Å². The fourth-order valence-electron chi connectivity index (χ4n) is 6.35. The van der Waals surface area contributed by atoms with Gasteiger partial charge in [-0.1, -0.05) is 60.7 Å². The minimum absolute atomic E-state index is 0.0788.